The molecule has 4 nitrogen and oxygen atoms in total. The number of nitrogens with one attached hydrogen (secondary N) is 2. The summed E-state index contributed by atoms with van der Waals surface area (Å²) in [6.45, 7) is 3.47. The van der Waals surface area contributed by atoms with E-state index in [4.69, 9.17) is 0 Å². The Kier molecular flexibility index (Phi) is 4.94. The van der Waals surface area contributed by atoms with Gasteiger partial charge in [0.15, 0.2) is 5.78 Å². The standard InChI is InChI=1S/C13H16N2O2/c1-3-4-8-14-13(17)15-12-7-5-6-11(9-12)10(2)16/h4-9H,3H2,1-2H3,(H2,14,15,17)/b8-4+. The van der Waals surface area contributed by atoms with Crippen molar-refractivity contribution in [2.75, 3.05) is 5.32 Å². The number of urea groups is 1. The van der Waals surface area contributed by atoms with Gasteiger partial charge in [-0.2, -0.15) is 0 Å². The minimum Gasteiger partial charge on any atom is -0.315 e. The monoisotopic (exact) mass is 232 g/mol. The topological polar surface area (TPSA) is 58.2 Å². The van der Waals surface area contributed by atoms with Crippen LogP contribution in [-0.4, -0.2) is 11.8 Å². The van der Waals surface area contributed by atoms with Gasteiger partial charge in [-0.3, -0.25) is 4.79 Å². The van der Waals surface area contributed by atoms with E-state index in [-0.39, 0.29) is 11.8 Å². The van der Waals surface area contributed by atoms with E-state index in [1.165, 1.54) is 6.92 Å². The first-order chi connectivity index (χ1) is 8.13. The van der Waals surface area contributed by atoms with Crippen LogP contribution in [0.2, 0.25) is 0 Å². The zero-order chi connectivity index (χ0) is 12.7. The summed E-state index contributed by atoms with van der Waals surface area (Å²) in [6.07, 6.45) is 4.29. The second-order valence-electron chi connectivity index (χ2n) is 3.55. The average molecular weight is 232 g/mol. The molecular weight excluding hydrogens is 216 g/mol. The van der Waals surface area contributed by atoms with Crippen LogP contribution in [0.1, 0.15) is 30.6 Å². The van der Waals surface area contributed by atoms with Crippen molar-refractivity contribution >= 4 is 17.5 Å². The summed E-state index contributed by atoms with van der Waals surface area (Å²) in [7, 11) is 0. The zero-order valence-corrected chi connectivity index (χ0v) is 9.99. The number of ketones is 1. The minimum atomic E-state index is -0.324. The van der Waals surface area contributed by atoms with Crippen LogP contribution in [0.5, 0.6) is 0 Å². The van der Waals surface area contributed by atoms with E-state index in [0.29, 0.717) is 11.3 Å². The Balaban J connectivity index is 2.62. The number of hydrogen-bond acceptors (Lipinski definition) is 2. The van der Waals surface area contributed by atoms with E-state index in [2.05, 4.69) is 10.6 Å². The molecule has 0 unspecified atom stereocenters. The molecule has 1 aromatic carbocycles. The van der Waals surface area contributed by atoms with Gasteiger partial charge in [0.25, 0.3) is 0 Å². The van der Waals surface area contributed by atoms with Gasteiger partial charge in [0, 0.05) is 17.5 Å². The van der Waals surface area contributed by atoms with Gasteiger partial charge >= 0.3 is 6.03 Å². The molecule has 2 N–H and O–H groups in total. The predicted octanol–water partition coefficient (Wildman–Crippen LogP) is 2.93. The smallest absolute Gasteiger partial charge is 0.315 e. The number of Topliss-reactive ketones (excluding diaryl/α,β-unsaturated/α-hetero) is 1. The third-order valence-electron chi connectivity index (χ3n) is 2.09. The lowest BCUT2D eigenvalue weighted by atomic mass is 10.1. The Bertz CT molecular complexity index is 439. The Hall–Kier alpha value is -2.10. The predicted molar refractivity (Wildman–Crippen MR) is 68.0 cm³/mol. The number of amides is 2. The van der Waals surface area contributed by atoms with E-state index in [1.54, 1.807) is 30.5 Å². The third kappa shape index (κ3) is 4.51. The van der Waals surface area contributed by atoms with Crippen molar-refractivity contribution in [3.05, 3.63) is 42.1 Å². The zero-order valence-electron chi connectivity index (χ0n) is 9.99. The van der Waals surface area contributed by atoms with E-state index in [0.717, 1.165) is 6.42 Å². The first kappa shape index (κ1) is 13.0. The summed E-state index contributed by atoms with van der Waals surface area (Å²) in [5, 5.41) is 5.21. The molecule has 0 spiro atoms. The third-order valence-corrected chi connectivity index (χ3v) is 2.09. The number of allylic oxidation sites excluding steroid dienone is 1. The minimum absolute atomic E-state index is 0.0278. The fraction of sp³-hybridized carbons (Fsp3) is 0.231. The Labute approximate surface area is 101 Å². The van der Waals surface area contributed by atoms with Crippen molar-refractivity contribution in [2.24, 2.45) is 0 Å². The first-order valence-electron chi connectivity index (χ1n) is 5.47. The van der Waals surface area contributed by atoms with E-state index in [1.807, 2.05) is 13.0 Å². The van der Waals surface area contributed by atoms with Crippen molar-refractivity contribution in [1.82, 2.24) is 5.32 Å². The number of benzene rings is 1. The van der Waals surface area contributed by atoms with Crippen LogP contribution in [0.4, 0.5) is 10.5 Å². The highest BCUT2D eigenvalue weighted by molar-refractivity contribution is 5.96. The van der Waals surface area contributed by atoms with Crippen molar-refractivity contribution in [2.45, 2.75) is 20.3 Å². The van der Waals surface area contributed by atoms with Crippen LogP contribution in [0.15, 0.2) is 36.5 Å². The lowest BCUT2D eigenvalue weighted by Gasteiger charge is -2.05. The van der Waals surface area contributed by atoms with Crippen molar-refractivity contribution in [1.29, 1.82) is 0 Å². The number of hydrogen-bond donors (Lipinski definition) is 2. The average Bonchev–Trinajstić information content (AvgIpc) is 2.29. The van der Waals surface area contributed by atoms with Crippen LogP contribution in [0.3, 0.4) is 0 Å². The van der Waals surface area contributed by atoms with Gasteiger partial charge in [0.05, 0.1) is 0 Å². The maximum atomic E-state index is 11.4. The first-order valence-corrected chi connectivity index (χ1v) is 5.47. The van der Waals surface area contributed by atoms with Gasteiger partial charge in [-0.1, -0.05) is 25.1 Å². The Morgan fingerprint density at radius 2 is 2.12 bits per heavy atom. The largest absolute Gasteiger partial charge is 0.323 e. The maximum Gasteiger partial charge on any atom is 0.323 e. The van der Waals surface area contributed by atoms with Crippen LogP contribution in [-0.2, 0) is 0 Å². The molecule has 0 aliphatic carbocycles. The molecule has 0 aromatic heterocycles. The molecule has 0 fully saturated rings. The summed E-state index contributed by atoms with van der Waals surface area (Å²) in [4.78, 5) is 22.6. The molecule has 0 saturated carbocycles. The van der Waals surface area contributed by atoms with E-state index >= 15 is 0 Å². The van der Waals surface area contributed by atoms with Crippen LogP contribution >= 0.6 is 0 Å². The summed E-state index contributed by atoms with van der Waals surface area (Å²) in [5.74, 6) is -0.0278. The number of rotatable bonds is 4. The molecule has 0 aliphatic rings. The van der Waals surface area contributed by atoms with Crippen molar-refractivity contribution in [3.63, 3.8) is 0 Å². The van der Waals surface area contributed by atoms with Crippen LogP contribution < -0.4 is 10.6 Å². The lowest BCUT2D eigenvalue weighted by Crippen LogP contribution is -2.23. The molecule has 0 bridgehead atoms. The lowest BCUT2D eigenvalue weighted by molar-refractivity contribution is 0.101. The molecule has 1 aromatic rings. The van der Waals surface area contributed by atoms with Crippen LogP contribution in [0, 0.1) is 0 Å². The SMILES string of the molecule is CC/C=C/NC(=O)Nc1cccc(C(C)=O)c1. The molecule has 90 valence electrons. The molecule has 4 heteroatoms. The summed E-state index contributed by atoms with van der Waals surface area (Å²) >= 11 is 0. The Morgan fingerprint density at radius 1 is 1.35 bits per heavy atom. The number of carbonyl (C=O) groups is 2. The summed E-state index contributed by atoms with van der Waals surface area (Å²) in [6, 6.07) is 6.49. The molecular formula is C13H16N2O2. The highest BCUT2D eigenvalue weighted by Gasteiger charge is 2.02. The van der Waals surface area contributed by atoms with Gasteiger partial charge < -0.3 is 10.6 Å². The highest BCUT2D eigenvalue weighted by atomic mass is 16.2. The normalized spacial score (nSPS) is 10.2. The summed E-state index contributed by atoms with van der Waals surface area (Å²) < 4.78 is 0. The van der Waals surface area contributed by atoms with Gasteiger partial charge in [0.2, 0.25) is 0 Å². The quantitative estimate of drug-likeness (QED) is 0.784. The molecule has 17 heavy (non-hydrogen) atoms. The maximum absolute atomic E-state index is 11.4. The molecule has 0 atom stereocenters. The van der Waals surface area contributed by atoms with Crippen LogP contribution in [0.25, 0.3) is 0 Å². The highest BCUT2D eigenvalue weighted by Crippen LogP contribution is 2.10. The molecule has 0 saturated heterocycles. The van der Waals surface area contributed by atoms with E-state index < -0.39 is 0 Å². The molecule has 2 amide bonds. The molecule has 0 aliphatic heterocycles. The second kappa shape index (κ2) is 6.48. The second-order valence-corrected chi connectivity index (χ2v) is 3.55. The van der Waals surface area contributed by atoms with Gasteiger partial charge in [-0.05, 0) is 25.5 Å². The van der Waals surface area contributed by atoms with Gasteiger partial charge in [0.1, 0.15) is 0 Å². The number of anilines is 1. The van der Waals surface area contributed by atoms with Gasteiger partial charge in [-0.15, -0.1) is 0 Å². The van der Waals surface area contributed by atoms with Crippen molar-refractivity contribution in [3.8, 4) is 0 Å². The van der Waals surface area contributed by atoms with Gasteiger partial charge in [-0.25, -0.2) is 4.79 Å². The Morgan fingerprint density at radius 3 is 2.76 bits per heavy atom. The molecule has 1 rings (SSSR count). The fourth-order valence-electron chi connectivity index (χ4n) is 1.24. The van der Waals surface area contributed by atoms with E-state index in [9.17, 15) is 9.59 Å². The fourth-order valence-corrected chi connectivity index (χ4v) is 1.24. The summed E-state index contributed by atoms with van der Waals surface area (Å²) in [5.41, 5.74) is 1.17. The molecule has 0 radical (unpaired) electrons. The number of carbonyl (C=O) groups excluding carboxylic acids is 2. The van der Waals surface area contributed by atoms with Crippen molar-refractivity contribution < 1.29 is 9.59 Å². The molecule has 0 heterocycles.